The molecule has 0 heterocycles. The molecule has 2 aromatic rings. The van der Waals surface area contributed by atoms with Crippen molar-refractivity contribution < 1.29 is 26.4 Å². The first-order valence-corrected chi connectivity index (χ1v) is 9.15. The number of nitrogens with zero attached hydrogens (tertiary/aromatic N) is 1. The predicted octanol–water partition coefficient (Wildman–Crippen LogP) is 2.54. The minimum absolute atomic E-state index is 0.0895. The zero-order valence-electron chi connectivity index (χ0n) is 13.7. The summed E-state index contributed by atoms with van der Waals surface area (Å²) in [5.74, 6) is -4.74. The summed E-state index contributed by atoms with van der Waals surface area (Å²) in [6, 6.07) is 9.96. The molecule has 2 aromatic carbocycles. The molecule has 0 aliphatic heterocycles. The molecule has 6 nitrogen and oxygen atoms in total. The number of sulfone groups is 1. The van der Waals surface area contributed by atoms with Crippen molar-refractivity contribution in [2.75, 3.05) is 18.4 Å². The Balaban J connectivity index is 1.92. The maximum Gasteiger partial charge on any atom is 0.341 e. The van der Waals surface area contributed by atoms with E-state index in [1.54, 1.807) is 6.07 Å². The Morgan fingerprint density at radius 1 is 1.11 bits per heavy atom. The van der Waals surface area contributed by atoms with E-state index >= 15 is 0 Å². The molecule has 10 heteroatoms. The van der Waals surface area contributed by atoms with Crippen molar-refractivity contribution in [3.05, 3.63) is 59.4 Å². The monoisotopic (exact) mass is 397 g/mol. The molecule has 0 saturated heterocycles. The van der Waals surface area contributed by atoms with Gasteiger partial charge in [0.1, 0.15) is 17.4 Å². The number of alkyl halides is 2. The number of hydrogen-bond acceptors (Lipinski definition) is 5. The average molecular weight is 397 g/mol. The number of carbonyl (C=O) groups excluding carboxylic acids is 1. The van der Waals surface area contributed by atoms with Gasteiger partial charge in [-0.25, -0.2) is 12.8 Å². The van der Waals surface area contributed by atoms with Gasteiger partial charge in [-0.3, -0.25) is 4.79 Å². The number of amides is 1. The van der Waals surface area contributed by atoms with E-state index in [1.165, 1.54) is 12.1 Å². The van der Waals surface area contributed by atoms with Crippen LogP contribution in [0.25, 0.3) is 0 Å². The number of anilines is 1. The number of halogens is 3. The predicted molar refractivity (Wildman–Crippen MR) is 91.6 cm³/mol. The Hall–Kier alpha value is -3.06. The number of nitrogens with one attached hydrogen (secondary N) is 2. The van der Waals surface area contributed by atoms with E-state index < -0.39 is 32.2 Å². The smallest absolute Gasteiger partial charge is 0.341 e. The highest BCUT2D eigenvalue weighted by Crippen LogP contribution is 2.19. The Morgan fingerprint density at radius 3 is 2.37 bits per heavy atom. The van der Waals surface area contributed by atoms with E-state index in [0.717, 1.165) is 30.3 Å². The van der Waals surface area contributed by atoms with Gasteiger partial charge in [0.25, 0.3) is 5.91 Å². The van der Waals surface area contributed by atoms with Crippen molar-refractivity contribution >= 4 is 21.4 Å². The lowest BCUT2D eigenvalue weighted by molar-refractivity contribution is 0.0955. The Kier molecular flexibility index (Phi) is 6.41. The SMILES string of the molecule is N#Cc1c(F)cccc1NCCNC(=O)c1ccc(S(=O)(=O)C(F)F)cc1. The Labute approximate surface area is 153 Å². The van der Waals surface area contributed by atoms with Crippen LogP contribution in [0.4, 0.5) is 18.9 Å². The van der Waals surface area contributed by atoms with Crippen molar-refractivity contribution in [1.29, 1.82) is 5.26 Å². The number of nitriles is 1. The molecule has 0 aromatic heterocycles. The van der Waals surface area contributed by atoms with Crippen LogP contribution in [-0.4, -0.2) is 33.2 Å². The van der Waals surface area contributed by atoms with Gasteiger partial charge in [0, 0.05) is 18.7 Å². The molecule has 0 fully saturated rings. The van der Waals surface area contributed by atoms with Crippen LogP contribution in [0.2, 0.25) is 0 Å². The minimum Gasteiger partial charge on any atom is -0.382 e. The molecular weight excluding hydrogens is 383 g/mol. The van der Waals surface area contributed by atoms with E-state index in [9.17, 15) is 26.4 Å². The number of benzene rings is 2. The van der Waals surface area contributed by atoms with Gasteiger partial charge in [-0.2, -0.15) is 14.0 Å². The van der Waals surface area contributed by atoms with Gasteiger partial charge >= 0.3 is 5.76 Å². The van der Waals surface area contributed by atoms with Gasteiger partial charge in [-0.05, 0) is 36.4 Å². The summed E-state index contributed by atoms with van der Waals surface area (Å²) in [5, 5.41) is 14.3. The minimum atomic E-state index is -4.71. The van der Waals surface area contributed by atoms with Gasteiger partial charge in [0.15, 0.2) is 0 Å². The molecule has 27 heavy (non-hydrogen) atoms. The van der Waals surface area contributed by atoms with Crippen LogP contribution >= 0.6 is 0 Å². The van der Waals surface area contributed by atoms with E-state index in [1.807, 2.05) is 0 Å². The summed E-state index contributed by atoms with van der Waals surface area (Å²) in [7, 11) is -4.71. The molecule has 142 valence electrons. The van der Waals surface area contributed by atoms with Crippen LogP contribution < -0.4 is 10.6 Å². The standard InChI is InChI=1S/C17H14F3N3O3S/c18-14-2-1-3-15(13(14)10-21)22-8-9-23-16(24)11-4-6-12(7-5-11)27(25,26)17(19)20/h1-7,17,22H,8-9H2,(H,23,24). The van der Waals surface area contributed by atoms with Gasteiger partial charge in [0.2, 0.25) is 9.84 Å². The van der Waals surface area contributed by atoms with Crippen LogP contribution in [0.1, 0.15) is 15.9 Å². The van der Waals surface area contributed by atoms with Gasteiger partial charge in [0.05, 0.1) is 10.6 Å². The molecule has 0 unspecified atom stereocenters. The Morgan fingerprint density at radius 2 is 1.78 bits per heavy atom. The van der Waals surface area contributed by atoms with E-state index in [0.29, 0.717) is 0 Å². The zero-order valence-corrected chi connectivity index (χ0v) is 14.6. The first kappa shape index (κ1) is 20.3. The van der Waals surface area contributed by atoms with Crippen LogP contribution in [-0.2, 0) is 9.84 Å². The summed E-state index contributed by atoms with van der Waals surface area (Å²) in [5.41, 5.74) is 0.236. The normalized spacial score (nSPS) is 11.1. The summed E-state index contributed by atoms with van der Waals surface area (Å²) >= 11 is 0. The lowest BCUT2D eigenvalue weighted by Gasteiger charge is -2.10. The Bertz CT molecular complexity index is 971. The van der Waals surface area contributed by atoms with Crippen molar-refractivity contribution in [2.24, 2.45) is 0 Å². The summed E-state index contributed by atoms with van der Waals surface area (Å²) in [4.78, 5) is 11.4. The molecule has 0 aliphatic rings. The maximum absolute atomic E-state index is 13.5. The largest absolute Gasteiger partial charge is 0.382 e. The van der Waals surface area contributed by atoms with Crippen LogP contribution in [0.5, 0.6) is 0 Å². The highest BCUT2D eigenvalue weighted by Gasteiger charge is 2.26. The second kappa shape index (κ2) is 8.55. The van der Waals surface area contributed by atoms with Crippen molar-refractivity contribution in [1.82, 2.24) is 5.32 Å². The third kappa shape index (κ3) is 4.77. The molecule has 2 N–H and O–H groups in total. The zero-order chi connectivity index (χ0) is 20.0. The molecule has 0 bridgehead atoms. The average Bonchev–Trinajstić information content (AvgIpc) is 2.65. The van der Waals surface area contributed by atoms with E-state index in [-0.39, 0.29) is 29.9 Å². The fraction of sp³-hybridized carbons (Fsp3) is 0.176. The molecule has 0 atom stereocenters. The summed E-state index contributed by atoms with van der Waals surface area (Å²) in [6.45, 7) is 0.318. The first-order valence-electron chi connectivity index (χ1n) is 7.60. The van der Waals surface area contributed by atoms with Gasteiger partial charge in [-0.15, -0.1) is 0 Å². The second-order valence-electron chi connectivity index (χ2n) is 5.29. The third-order valence-corrected chi connectivity index (χ3v) is 4.93. The molecule has 0 saturated carbocycles. The second-order valence-corrected chi connectivity index (χ2v) is 7.20. The summed E-state index contributed by atoms with van der Waals surface area (Å²) in [6.07, 6.45) is 0. The highest BCUT2D eigenvalue weighted by molar-refractivity contribution is 7.91. The maximum atomic E-state index is 13.5. The van der Waals surface area contributed by atoms with E-state index in [4.69, 9.17) is 5.26 Å². The quantitative estimate of drug-likeness (QED) is 0.700. The fourth-order valence-electron chi connectivity index (χ4n) is 2.16. The molecule has 0 radical (unpaired) electrons. The third-order valence-electron chi connectivity index (χ3n) is 3.53. The van der Waals surface area contributed by atoms with Crippen molar-refractivity contribution in [3.8, 4) is 6.07 Å². The van der Waals surface area contributed by atoms with Gasteiger partial charge < -0.3 is 10.6 Å². The summed E-state index contributed by atoms with van der Waals surface area (Å²) < 4.78 is 61.0. The lowest BCUT2D eigenvalue weighted by Crippen LogP contribution is -2.29. The van der Waals surface area contributed by atoms with Gasteiger partial charge in [-0.1, -0.05) is 6.07 Å². The molecule has 0 aliphatic carbocycles. The van der Waals surface area contributed by atoms with Crippen molar-refractivity contribution in [2.45, 2.75) is 10.7 Å². The van der Waals surface area contributed by atoms with E-state index in [2.05, 4.69) is 10.6 Å². The first-order chi connectivity index (χ1) is 12.8. The number of rotatable bonds is 7. The molecular formula is C17H14F3N3O3S. The number of hydrogen-bond donors (Lipinski definition) is 2. The molecule has 2 rings (SSSR count). The highest BCUT2D eigenvalue weighted by atomic mass is 32.2. The molecule has 0 spiro atoms. The van der Waals surface area contributed by atoms with Crippen LogP contribution in [0.15, 0.2) is 47.4 Å². The molecule has 1 amide bonds. The number of carbonyl (C=O) groups is 1. The van der Waals surface area contributed by atoms with Crippen LogP contribution in [0.3, 0.4) is 0 Å². The van der Waals surface area contributed by atoms with Crippen molar-refractivity contribution in [3.63, 3.8) is 0 Å². The fourth-order valence-corrected chi connectivity index (χ4v) is 2.88. The topological polar surface area (TPSA) is 99.1 Å². The lowest BCUT2D eigenvalue weighted by atomic mass is 10.2. The van der Waals surface area contributed by atoms with Crippen LogP contribution in [0, 0.1) is 17.1 Å².